The highest BCUT2D eigenvalue weighted by Crippen LogP contribution is 2.19. The van der Waals surface area contributed by atoms with Crippen LogP contribution in [0.25, 0.3) is 10.9 Å². The normalized spacial score (nSPS) is 14.4. The van der Waals surface area contributed by atoms with Crippen molar-refractivity contribution in [1.29, 1.82) is 0 Å². The molecule has 0 radical (unpaired) electrons. The largest absolute Gasteiger partial charge is 0.361 e. The number of aromatic amines is 1. The van der Waals surface area contributed by atoms with Gasteiger partial charge < -0.3 is 20.5 Å². The summed E-state index contributed by atoms with van der Waals surface area (Å²) in [5.41, 5.74) is 4.22. The zero-order valence-corrected chi connectivity index (χ0v) is 18.5. The van der Waals surface area contributed by atoms with Crippen molar-refractivity contribution in [3.8, 4) is 0 Å². The smallest absolute Gasteiger partial charge is 0.222 e. The highest BCUT2D eigenvalue weighted by Gasteiger charge is 2.19. The van der Waals surface area contributed by atoms with Crippen molar-refractivity contribution < 1.29 is 9.18 Å². The van der Waals surface area contributed by atoms with E-state index in [1.54, 1.807) is 0 Å². The van der Waals surface area contributed by atoms with Gasteiger partial charge in [0.25, 0.3) is 0 Å². The van der Waals surface area contributed by atoms with E-state index in [0.717, 1.165) is 59.5 Å². The molecule has 7 heteroatoms. The summed E-state index contributed by atoms with van der Waals surface area (Å²) in [5, 5.41) is 7.71. The highest BCUT2D eigenvalue weighted by atomic mass is 19.1. The van der Waals surface area contributed by atoms with Crippen LogP contribution in [0, 0.1) is 5.82 Å². The molecular weight excluding hydrogens is 405 g/mol. The number of rotatable bonds is 8. The molecule has 6 nitrogen and oxygen atoms in total. The number of halogens is 1. The molecule has 1 saturated heterocycles. The lowest BCUT2D eigenvalue weighted by Gasteiger charge is -2.16. The number of amides is 1. The lowest BCUT2D eigenvalue weighted by Crippen LogP contribution is -2.38. The molecule has 3 N–H and O–H groups in total. The predicted molar refractivity (Wildman–Crippen MR) is 126 cm³/mol. The van der Waals surface area contributed by atoms with Crippen molar-refractivity contribution in [3.05, 3.63) is 71.2 Å². The van der Waals surface area contributed by atoms with Crippen LogP contribution in [0.3, 0.4) is 0 Å². The number of H-pyrrole nitrogens is 1. The zero-order valence-electron chi connectivity index (χ0n) is 18.5. The van der Waals surface area contributed by atoms with Crippen molar-refractivity contribution in [2.75, 3.05) is 19.6 Å². The Hall–Kier alpha value is -3.35. The third-order valence-corrected chi connectivity index (χ3v) is 5.72. The second-order valence-electron chi connectivity index (χ2n) is 8.11. The Balaban J connectivity index is 1.34. The number of benzene rings is 2. The molecule has 0 saturated carbocycles. The molecule has 3 aromatic rings. The second kappa shape index (κ2) is 10.3. The van der Waals surface area contributed by atoms with Crippen molar-refractivity contribution in [2.24, 2.45) is 4.99 Å². The van der Waals surface area contributed by atoms with E-state index < -0.39 is 0 Å². The van der Waals surface area contributed by atoms with Crippen molar-refractivity contribution in [3.63, 3.8) is 0 Å². The van der Waals surface area contributed by atoms with Gasteiger partial charge in [-0.25, -0.2) is 9.38 Å². The minimum atomic E-state index is -0.235. The Labute approximate surface area is 187 Å². The van der Waals surface area contributed by atoms with Crippen LogP contribution < -0.4 is 10.6 Å². The zero-order chi connectivity index (χ0) is 22.3. The molecule has 0 unspecified atom stereocenters. The van der Waals surface area contributed by atoms with E-state index in [2.05, 4.69) is 33.8 Å². The second-order valence-corrected chi connectivity index (χ2v) is 8.11. The fourth-order valence-corrected chi connectivity index (χ4v) is 4.11. The Kier molecular flexibility index (Phi) is 7.04. The standard InChI is InChI=1S/C25H30FN5O/c1-2-27-25(28-11-10-20-16-29-23-14-21(26)8-9-22(20)23)30-15-18-5-3-6-19(13-18)17-31-12-4-7-24(31)32/h3,5-6,8-9,13-14,16,29H,2,4,7,10-12,15,17H2,1H3,(H2,27,28,30). The van der Waals surface area contributed by atoms with Gasteiger partial charge in [0.15, 0.2) is 5.96 Å². The van der Waals surface area contributed by atoms with Crippen LogP contribution in [0.4, 0.5) is 4.39 Å². The fraction of sp³-hybridized carbons (Fsp3) is 0.360. The summed E-state index contributed by atoms with van der Waals surface area (Å²) in [7, 11) is 0. The van der Waals surface area contributed by atoms with E-state index in [4.69, 9.17) is 4.99 Å². The Morgan fingerprint density at radius 1 is 1.19 bits per heavy atom. The summed E-state index contributed by atoms with van der Waals surface area (Å²) >= 11 is 0. The number of aromatic nitrogens is 1. The van der Waals surface area contributed by atoms with E-state index in [9.17, 15) is 9.18 Å². The minimum absolute atomic E-state index is 0.235. The van der Waals surface area contributed by atoms with Crippen molar-refractivity contribution >= 4 is 22.8 Å². The molecule has 168 valence electrons. The molecule has 1 aliphatic heterocycles. The molecule has 2 heterocycles. The quantitative estimate of drug-likeness (QED) is 0.373. The van der Waals surface area contributed by atoms with Gasteiger partial charge in [-0.3, -0.25) is 4.79 Å². The molecule has 0 bridgehead atoms. The van der Waals surface area contributed by atoms with Crippen LogP contribution in [0.5, 0.6) is 0 Å². The average Bonchev–Trinajstić information content (AvgIpc) is 3.38. The average molecular weight is 436 g/mol. The molecule has 1 fully saturated rings. The molecule has 0 spiro atoms. The number of carbonyl (C=O) groups excluding carboxylic acids is 1. The minimum Gasteiger partial charge on any atom is -0.361 e. The monoisotopic (exact) mass is 435 g/mol. The maximum absolute atomic E-state index is 13.4. The number of nitrogens with zero attached hydrogens (tertiary/aromatic N) is 2. The molecule has 4 rings (SSSR count). The van der Waals surface area contributed by atoms with Gasteiger partial charge in [0.1, 0.15) is 5.82 Å². The summed E-state index contributed by atoms with van der Waals surface area (Å²) < 4.78 is 13.4. The third-order valence-electron chi connectivity index (χ3n) is 5.72. The van der Waals surface area contributed by atoms with Crippen molar-refractivity contribution in [1.82, 2.24) is 20.5 Å². The Morgan fingerprint density at radius 3 is 2.88 bits per heavy atom. The molecule has 0 aliphatic carbocycles. The number of guanidine groups is 1. The van der Waals surface area contributed by atoms with E-state index in [-0.39, 0.29) is 11.7 Å². The molecule has 0 atom stereocenters. The Morgan fingerprint density at radius 2 is 2.06 bits per heavy atom. The number of hydrogen-bond acceptors (Lipinski definition) is 2. The van der Waals surface area contributed by atoms with E-state index >= 15 is 0 Å². The lowest BCUT2D eigenvalue weighted by atomic mass is 10.1. The van der Waals surface area contributed by atoms with Gasteiger partial charge in [-0.05, 0) is 54.7 Å². The van der Waals surface area contributed by atoms with Gasteiger partial charge in [0.05, 0.1) is 6.54 Å². The van der Waals surface area contributed by atoms with Gasteiger partial charge in [-0.1, -0.05) is 24.3 Å². The van der Waals surface area contributed by atoms with Crippen molar-refractivity contribution in [2.45, 2.75) is 39.3 Å². The summed E-state index contributed by atoms with van der Waals surface area (Å²) in [4.78, 5) is 21.7. The topological polar surface area (TPSA) is 72.5 Å². The molecular formula is C25H30FN5O. The summed E-state index contributed by atoms with van der Waals surface area (Å²) in [6, 6.07) is 13.1. The van der Waals surface area contributed by atoms with Gasteiger partial charge >= 0.3 is 0 Å². The lowest BCUT2D eigenvalue weighted by molar-refractivity contribution is -0.128. The number of hydrogen-bond donors (Lipinski definition) is 3. The predicted octanol–water partition coefficient (Wildman–Crippen LogP) is 3.73. The van der Waals surface area contributed by atoms with E-state index in [1.807, 2.05) is 30.2 Å². The number of nitrogens with one attached hydrogen (secondary N) is 3. The number of carbonyl (C=O) groups is 1. The Bertz CT molecular complexity index is 1110. The first-order valence-electron chi connectivity index (χ1n) is 11.3. The highest BCUT2D eigenvalue weighted by molar-refractivity contribution is 5.83. The summed E-state index contributed by atoms with van der Waals surface area (Å²) in [5.74, 6) is 0.771. The first-order chi connectivity index (χ1) is 15.6. The van der Waals surface area contributed by atoms with Crippen LogP contribution in [0.15, 0.2) is 53.7 Å². The summed E-state index contributed by atoms with van der Waals surface area (Å²) in [6.07, 6.45) is 4.36. The SMILES string of the molecule is CCNC(=NCc1cccc(CN2CCCC2=O)c1)NCCc1c[nH]c2cc(F)ccc12. The molecule has 1 aromatic heterocycles. The molecule has 1 amide bonds. The number of fused-ring (bicyclic) bond motifs is 1. The van der Waals surface area contributed by atoms with Gasteiger partial charge in [0.2, 0.25) is 5.91 Å². The number of aliphatic imine (C=N–C) groups is 1. The fourth-order valence-electron chi connectivity index (χ4n) is 4.11. The third kappa shape index (κ3) is 5.46. The van der Waals surface area contributed by atoms with E-state index in [0.29, 0.717) is 26.1 Å². The van der Waals surface area contributed by atoms with E-state index in [1.165, 1.54) is 12.1 Å². The van der Waals surface area contributed by atoms with Crippen LogP contribution in [-0.4, -0.2) is 41.4 Å². The molecule has 2 aromatic carbocycles. The maximum atomic E-state index is 13.4. The van der Waals surface area contributed by atoms with Crippen LogP contribution in [-0.2, 0) is 24.3 Å². The van der Waals surface area contributed by atoms with Crippen LogP contribution in [0.2, 0.25) is 0 Å². The van der Waals surface area contributed by atoms with Gasteiger partial charge in [0, 0.05) is 49.7 Å². The molecule has 1 aliphatic rings. The molecule has 32 heavy (non-hydrogen) atoms. The van der Waals surface area contributed by atoms with Gasteiger partial charge in [-0.15, -0.1) is 0 Å². The first kappa shape index (κ1) is 21.9. The van der Waals surface area contributed by atoms with Crippen LogP contribution in [0.1, 0.15) is 36.5 Å². The number of likely N-dealkylation sites (tertiary alicyclic amines) is 1. The van der Waals surface area contributed by atoms with Crippen LogP contribution >= 0.6 is 0 Å². The van der Waals surface area contributed by atoms with Gasteiger partial charge in [-0.2, -0.15) is 0 Å². The summed E-state index contributed by atoms with van der Waals surface area (Å²) in [6.45, 7) is 5.61. The maximum Gasteiger partial charge on any atom is 0.222 e. The first-order valence-corrected chi connectivity index (χ1v) is 11.3.